The average Bonchev–Trinajstić information content (AvgIpc) is 3.32. The maximum absolute atomic E-state index is 12.6. The first-order chi connectivity index (χ1) is 17.0. The summed E-state index contributed by atoms with van der Waals surface area (Å²) in [6, 6.07) is 12.4. The number of methoxy groups -OCH3 is 1. The van der Waals surface area contributed by atoms with Gasteiger partial charge < -0.3 is 9.47 Å². The van der Waals surface area contributed by atoms with Gasteiger partial charge in [-0.3, -0.25) is 10.1 Å². The predicted molar refractivity (Wildman–Crippen MR) is 134 cm³/mol. The molecule has 0 unspecified atom stereocenters. The summed E-state index contributed by atoms with van der Waals surface area (Å²) < 4.78 is 38.8. The van der Waals surface area contributed by atoms with Crippen molar-refractivity contribution in [3.05, 3.63) is 64.2 Å². The van der Waals surface area contributed by atoms with Crippen molar-refractivity contribution in [2.24, 2.45) is 0 Å². The van der Waals surface area contributed by atoms with Gasteiger partial charge in [-0.05, 0) is 61.9 Å². The normalized spacial score (nSPS) is 11.6. The second-order valence-electron chi connectivity index (χ2n) is 7.41. The van der Waals surface area contributed by atoms with Crippen molar-refractivity contribution >= 4 is 56.1 Å². The summed E-state index contributed by atoms with van der Waals surface area (Å²) in [4.78, 5) is 28.8. The van der Waals surface area contributed by atoms with E-state index >= 15 is 0 Å². The van der Waals surface area contributed by atoms with Crippen molar-refractivity contribution in [1.29, 1.82) is 5.26 Å². The highest BCUT2D eigenvalue weighted by molar-refractivity contribution is 7.91. The number of nitrogens with one attached hydrogen (secondary N) is 1. The van der Waals surface area contributed by atoms with Gasteiger partial charge in [0.2, 0.25) is 15.0 Å². The first-order valence-electron chi connectivity index (χ1n) is 10.2. The molecule has 0 saturated carbocycles. The third-order valence-corrected chi connectivity index (χ3v) is 7.58. The van der Waals surface area contributed by atoms with Gasteiger partial charge >= 0.3 is 5.97 Å². The lowest BCUT2D eigenvalue weighted by Crippen LogP contribution is -2.16. The van der Waals surface area contributed by atoms with Crippen LogP contribution in [-0.4, -0.2) is 42.0 Å². The second-order valence-corrected chi connectivity index (χ2v) is 11.0. The Hall–Kier alpha value is -3.79. The quantitative estimate of drug-likeness (QED) is 0.190. The highest BCUT2D eigenvalue weighted by atomic mass is 35.5. The molecule has 1 aromatic heterocycles. The van der Waals surface area contributed by atoms with Crippen LogP contribution in [0.25, 0.3) is 6.08 Å². The van der Waals surface area contributed by atoms with Gasteiger partial charge in [0.1, 0.15) is 11.6 Å². The summed E-state index contributed by atoms with van der Waals surface area (Å²) in [5, 5.41) is 11.1. The number of benzene rings is 2. The third kappa shape index (κ3) is 6.25. The largest absolute Gasteiger partial charge is 0.493 e. The van der Waals surface area contributed by atoms with E-state index in [1.54, 1.807) is 18.2 Å². The van der Waals surface area contributed by atoms with Crippen LogP contribution in [0.4, 0.5) is 5.13 Å². The number of anilines is 1. The SMILES string of the molecule is COc1cc(C=C(C#N)C(=O)Nc2nc(S(=O)(=O)C(C)C)ns2)ccc1OC(=O)c1ccc(Cl)cc1. The lowest BCUT2D eigenvalue weighted by atomic mass is 10.1. The van der Waals surface area contributed by atoms with E-state index in [-0.39, 0.29) is 27.8 Å². The molecular weight excluding hydrogens is 528 g/mol. The summed E-state index contributed by atoms with van der Waals surface area (Å²) in [6.07, 6.45) is 1.29. The molecule has 0 aliphatic rings. The number of halogens is 1. The summed E-state index contributed by atoms with van der Waals surface area (Å²) >= 11 is 6.52. The van der Waals surface area contributed by atoms with Gasteiger partial charge in [-0.25, -0.2) is 13.2 Å². The molecular formula is C23H19ClN4O6S2. The van der Waals surface area contributed by atoms with Gasteiger partial charge in [0.25, 0.3) is 11.1 Å². The molecule has 3 aromatic rings. The van der Waals surface area contributed by atoms with Gasteiger partial charge in [0.15, 0.2) is 11.5 Å². The van der Waals surface area contributed by atoms with Crippen molar-refractivity contribution in [2.45, 2.75) is 24.3 Å². The minimum atomic E-state index is -3.70. The molecule has 13 heteroatoms. The maximum atomic E-state index is 12.6. The van der Waals surface area contributed by atoms with Gasteiger partial charge in [-0.1, -0.05) is 17.7 Å². The standard InChI is InChI=1S/C23H19ClN4O6S2/c1-13(2)36(31,32)23-27-22(35-28-23)26-20(29)16(12-25)10-14-4-9-18(19(11-14)33-3)34-21(30)15-5-7-17(24)8-6-15/h4-11,13H,1-3H3,(H,26,27,28,29). The lowest BCUT2D eigenvalue weighted by molar-refractivity contribution is -0.112. The Morgan fingerprint density at radius 1 is 1.17 bits per heavy atom. The number of hydrogen-bond acceptors (Lipinski definition) is 10. The molecule has 0 spiro atoms. The number of carbonyl (C=O) groups is 2. The smallest absolute Gasteiger partial charge is 0.343 e. The van der Waals surface area contributed by atoms with Crippen LogP contribution in [0.15, 0.2) is 53.2 Å². The molecule has 2 aromatic carbocycles. The number of esters is 1. The zero-order valence-electron chi connectivity index (χ0n) is 19.2. The molecule has 0 aliphatic carbocycles. The van der Waals surface area contributed by atoms with Crippen LogP contribution in [0.1, 0.15) is 29.8 Å². The summed E-state index contributed by atoms with van der Waals surface area (Å²) in [5.74, 6) is -1.11. The van der Waals surface area contributed by atoms with Crippen LogP contribution in [0, 0.1) is 11.3 Å². The van der Waals surface area contributed by atoms with Crippen LogP contribution < -0.4 is 14.8 Å². The van der Waals surface area contributed by atoms with E-state index in [2.05, 4.69) is 14.7 Å². The number of hydrogen-bond donors (Lipinski definition) is 1. The number of aromatic nitrogens is 2. The predicted octanol–water partition coefficient (Wildman–Crippen LogP) is 4.15. The molecule has 10 nitrogen and oxygen atoms in total. The van der Waals surface area contributed by atoms with Crippen LogP contribution >= 0.6 is 23.1 Å². The van der Waals surface area contributed by atoms with E-state index in [1.165, 1.54) is 57.4 Å². The molecule has 1 heterocycles. The van der Waals surface area contributed by atoms with E-state index in [1.807, 2.05) is 0 Å². The van der Waals surface area contributed by atoms with Gasteiger partial charge in [0, 0.05) is 16.6 Å². The molecule has 186 valence electrons. The number of amides is 1. The van der Waals surface area contributed by atoms with Gasteiger partial charge in [0.05, 0.1) is 17.9 Å². The van der Waals surface area contributed by atoms with E-state index in [0.29, 0.717) is 22.1 Å². The Morgan fingerprint density at radius 3 is 2.47 bits per heavy atom. The highest BCUT2D eigenvalue weighted by Crippen LogP contribution is 2.30. The molecule has 0 saturated heterocycles. The van der Waals surface area contributed by atoms with Crippen LogP contribution in [0.2, 0.25) is 5.02 Å². The molecule has 0 bridgehead atoms. The molecule has 36 heavy (non-hydrogen) atoms. The molecule has 0 atom stereocenters. The van der Waals surface area contributed by atoms with E-state index in [0.717, 1.165) is 0 Å². The monoisotopic (exact) mass is 546 g/mol. The minimum absolute atomic E-state index is 0.0672. The van der Waals surface area contributed by atoms with Crippen LogP contribution in [-0.2, 0) is 14.6 Å². The first kappa shape index (κ1) is 26.8. The number of nitrogens with zero attached hydrogens (tertiary/aromatic N) is 3. The number of sulfone groups is 1. The fourth-order valence-electron chi connectivity index (χ4n) is 2.67. The Morgan fingerprint density at radius 2 is 1.86 bits per heavy atom. The summed E-state index contributed by atoms with van der Waals surface area (Å²) in [6.45, 7) is 2.98. The van der Waals surface area contributed by atoms with E-state index in [4.69, 9.17) is 21.1 Å². The topological polar surface area (TPSA) is 148 Å². The average molecular weight is 547 g/mol. The summed E-state index contributed by atoms with van der Waals surface area (Å²) in [5.41, 5.74) is 0.409. The van der Waals surface area contributed by atoms with Crippen LogP contribution in [0.3, 0.4) is 0 Å². The molecule has 0 radical (unpaired) electrons. The third-order valence-electron chi connectivity index (χ3n) is 4.65. The number of carbonyl (C=O) groups excluding carboxylic acids is 2. The van der Waals surface area contributed by atoms with E-state index in [9.17, 15) is 23.3 Å². The minimum Gasteiger partial charge on any atom is -0.493 e. The molecule has 1 N–H and O–H groups in total. The van der Waals surface area contributed by atoms with Crippen molar-refractivity contribution < 1.29 is 27.5 Å². The van der Waals surface area contributed by atoms with Crippen molar-refractivity contribution in [3.8, 4) is 17.6 Å². The number of rotatable bonds is 8. The Balaban J connectivity index is 1.78. The molecule has 0 fully saturated rings. The van der Waals surface area contributed by atoms with Gasteiger partial charge in [-0.2, -0.15) is 14.6 Å². The second kappa shape index (κ2) is 11.3. The fraction of sp³-hybridized carbons (Fsp3) is 0.174. The van der Waals surface area contributed by atoms with Gasteiger partial charge in [-0.15, -0.1) is 0 Å². The summed E-state index contributed by atoms with van der Waals surface area (Å²) in [7, 11) is -2.33. The zero-order chi connectivity index (χ0) is 26.5. The highest BCUT2D eigenvalue weighted by Gasteiger charge is 2.25. The number of nitriles is 1. The van der Waals surface area contributed by atoms with Crippen molar-refractivity contribution in [3.63, 3.8) is 0 Å². The Bertz CT molecular complexity index is 1470. The fourth-order valence-corrected chi connectivity index (χ4v) is 4.49. The van der Waals surface area contributed by atoms with Crippen molar-refractivity contribution in [2.75, 3.05) is 12.4 Å². The van der Waals surface area contributed by atoms with E-state index < -0.39 is 32.1 Å². The molecule has 0 aliphatic heterocycles. The first-order valence-corrected chi connectivity index (χ1v) is 12.9. The lowest BCUT2D eigenvalue weighted by Gasteiger charge is -2.10. The maximum Gasteiger partial charge on any atom is 0.343 e. The molecule has 1 amide bonds. The van der Waals surface area contributed by atoms with Crippen molar-refractivity contribution in [1.82, 2.24) is 9.36 Å². The Labute approximate surface area is 216 Å². The Kier molecular flexibility index (Phi) is 8.41. The van der Waals surface area contributed by atoms with Crippen LogP contribution in [0.5, 0.6) is 11.5 Å². The molecule has 3 rings (SSSR count). The number of ether oxygens (including phenoxy) is 2. The zero-order valence-corrected chi connectivity index (χ0v) is 21.6.